The summed E-state index contributed by atoms with van der Waals surface area (Å²) in [5.74, 6) is -0.249. The number of nitrogens with one attached hydrogen (secondary N) is 1. The largest absolute Gasteiger partial charge is 0.351 e. The zero-order valence-corrected chi connectivity index (χ0v) is 14.4. The number of benzene rings is 1. The molecule has 1 heterocycles. The Hall–Kier alpha value is -2.21. The molecule has 1 aromatic heterocycles. The summed E-state index contributed by atoms with van der Waals surface area (Å²) in [5, 5.41) is 16.1. The van der Waals surface area contributed by atoms with E-state index in [-0.39, 0.29) is 17.0 Å². The van der Waals surface area contributed by atoms with E-state index in [4.69, 9.17) is 0 Å². The summed E-state index contributed by atoms with van der Waals surface area (Å²) in [6.07, 6.45) is 4.48. The fraction of sp³-hybridized carbons (Fsp3) is 0.389. The van der Waals surface area contributed by atoms with Crippen LogP contribution in [-0.4, -0.2) is 17.4 Å². The molecule has 0 saturated heterocycles. The van der Waals surface area contributed by atoms with Gasteiger partial charge in [-0.3, -0.25) is 14.9 Å². The molecule has 1 aromatic carbocycles. The first-order chi connectivity index (χ1) is 11.5. The molecule has 2 aromatic rings. The molecular formula is C18H20N2O3S. The number of nitrogens with zero attached hydrogens (tertiary/aromatic N) is 1. The van der Waals surface area contributed by atoms with E-state index >= 15 is 0 Å². The lowest BCUT2D eigenvalue weighted by Crippen LogP contribution is -2.38. The van der Waals surface area contributed by atoms with Crippen molar-refractivity contribution >= 4 is 22.9 Å². The molecule has 3 rings (SSSR count). The van der Waals surface area contributed by atoms with Gasteiger partial charge in [0.25, 0.3) is 11.6 Å². The third kappa shape index (κ3) is 3.19. The number of hydrogen-bond donors (Lipinski definition) is 1. The van der Waals surface area contributed by atoms with Crippen molar-refractivity contribution in [1.29, 1.82) is 0 Å². The summed E-state index contributed by atoms with van der Waals surface area (Å²) in [4.78, 5) is 24.4. The molecule has 24 heavy (non-hydrogen) atoms. The highest BCUT2D eigenvalue weighted by Gasteiger charge is 2.36. The fourth-order valence-electron chi connectivity index (χ4n) is 3.44. The van der Waals surface area contributed by atoms with Crippen LogP contribution in [0.25, 0.3) is 0 Å². The molecule has 1 aliphatic carbocycles. The number of carbonyl (C=O) groups is 1. The Labute approximate surface area is 144 Å². The van der Waals surface area contributed by atoms with Gasteiger partial charge in [0, 0.05) is 34.0 Å². The lowest BCUT2D eigenvalue weighted by atomic mass is 9.84. The summed E-state index contributed by atoms with van der Waals surface area (Å²) in [7, 11) is 0. The highest BCUT2D eigenvalue weighted by atomic mass is 32.1. The normalized spacial score (nSPS) is 16.0. The third-order valence-electron chi connectivity index (χ3n) is 4.86. The Kier molecular flexibility index (Phi) is 4.66. The molecule has 0 spiro atoms. The predicted octanol–water partition coefficient (Wildman–Crippen LogP) is 4.21. The Morgan fingerprint density at radius 2 is 2.08 bits per heavy atom. The second-order valence-electron chi connectivity index (χ2n) is 6.41. The van der Waals surface area contributed by atoms with Crippen LogP contribution in [0.3, 0.4) is 0 Å². The summed E-state index contributed by atoms with van der Waals surface area (Å²) < 4.78 is 0. The molecule has 1 amide bonds. The van der Waals surface area contributed by atoms with Crippen LogP contribution in [0, 0.1) is 17.0 Å². The van der Waals surface area contributed by atoms with Crippen molar-refractivity contribution in [3.63, 3.8) is 0 Å². The van der Waals surface area contributed by atoms with Crippen molar-refractivity contribution in [1.82, 2.24) is 5.32 Å². The number of nitro benzene ring substituents is 1. The SMILES string of the molecule is Cc1ccc(C(=O)NCC2(c3cccs3)CCCC2)cc1[N+](=O)[O-]. The monoisotopic (exact) mass is 344 g/mol. The van der Waals surface area contributed by atoms with Crippen molar-refractivity contribution in [3.8, 4) is 0 Å². The van der Waals surface area contributed by atoms with Gasteiger partial charge in [0.15, 0.2) is 0 Å². The first-order valence-corrected chi connectivity index (χ1v) is 8.97. The van der Waals surface area contributed by atoms with Crippen molar-refractivity contribution < 1.29 is 9.72 Å². The average Bonchev–Trinajstić information content (AvgIpc) is 3.25. The van der Waals surface area contributed by atoms with Crippen molar-refractivity contribution in [2.75, 3.05) is 6.54 Å². The van der Waals surface area contributed by atoms with E-state index < -0.39 is 4.92 Å². The molecule has 126 valence electrons. The smallest absolute Gasteiger partial charge is 0.273 e. The molecule has 1 saturated carbocycles. The highest BCUT2D eigenvalue weighted by molar-refractivity contribution is 7.10. The van der Waals surface area contributed by atoms with Crippen LogP contribution in [0.5, 0.6) is 0 Å². The van der Waals surface area contributed by atoms with Crippen LogP contribution in [0.1, 0.15) is 46.5 Å². The topological polar surface area (TPSA) is 72.2 Å². The van der Waals surface area contributed by atoms with Gasteiger partial charge in [-0.1, -0.05) is 25.0 Å². The number of amides is 1. The van der Waals surface area contributed by atoms with E-state index in [1.54, 1.807) is 30.4 Å². The van der Waals surface area contributed by atoms with Gasteiger partial charge in [-0.25, -0.2) is 0 Å². The highest BCUT2D eigenvalue weighted by Crippen LogP contribution is 2.42. The van der Waals surface area contributed by atoms with Gasteiger partial charge in [-0.2, -0.15) is 0 Å². The van der Waals surface area contributed by atoms with Crippen molar-refractivity contribution in [2.24, 2.45) is 0 Å². The van der Waals surface area contributed by atoms with Crippen LogP contribution in [0.4, 0.5) is 5.69 Å². The van der Waals surface area contributed by atoms with Crippen LogP contribution in [-0.2, 0) is 5.41 Å². The standard InChI is InChI=1S/C18H20N2O3S/c1-13-6-7-14(11-15(13)20(22)23)17(21)19-12-18(8-2-3-9-18)16-5-4-10-24-16/h4-7,10-11H,2-3,8-9,12H2,1H3,(H,19,21). The quantitative estimate of drug-likeness (QED) is 0.652. The van der Waals surface area contributed by atoms with Crippen LogP contribution in [0.2, 0.25) is 0 Å². The van der Waals surface area contributed by atoms with Crippen LogP contribution >= 0.6 is 11.3 Å². The Morgan fingerprint density at radius 1 is 1.33 bits per heavy atom. The first kappa shape index (κ1) is 16.6. The molecule has 1 fully saturated rings. The van der Waals surface area contributed by atoms with E-state index in [0.717, 1.165) is 12.8 Å². The maximum atomic E-state index is 12.5. The molecule has 1 N–H and O–H groups in total. The van der Waals surface area contributed by atoms with Gasteiger partial charge in [-0.05, 0) is 37.3 Å². The van der Waals surface area contributed by atoms with Gasteiger partial charge < -0.3 is 5.32 Å². The van der Waals surface area contributed by atoms with Gasteiger partial charge in [0.05, 0.1) is 4.92 Å². The molecule has 0 radical (unpaired) electrons. The molecule has 1 aliphatic rings. The van der Waals surface area contributed by atoms with Gasteiger partial charge in [-0.15, -0.1) is 11.3 Å². The van der Waals surface area contributed by atoms with E-state index in [9.17, 15) is 14.9 Å². The lowest BCUT2D eigenvalue weighted by Gasteiger charge is -2.28. The molecule has 5 nitrogen and oxygen atoms in total. The summed E-state index contributed by atoms with van der Waals surface area (Å²) >= 11 is 1.73. The lowest BCUT2D eigenvalue weighted by molar-refractivity contribution is -0.385. The molecule has 0 atom stereocenters. The van der Waals surface area contributed by atoms with Crippen molar-refractivity contribution in [3.05, 3.63) is 61.8 Å². The maximum absolute atomic E-state index is 12.5. The van der Waals surface area contributed by atoms with Gasteiger partial charge >= 0.3 is 0 Å². The first-order valence-electron chi connectivity index (χ1n) is 8.09. The van der Waals surface area contributed by atoms with Gasteiger partial charge in [0.1, 0.15) is 0 Å². The minimum absolute atomic E-state index is 0.0143. The Bertz CT molecular complexity index is 750. The summed E-state index contributed by atoms with van der Waals surface area (Å²) in [6.45, 7) is 2.25. The van der Waals surface area contributed by atoms with Crippen molar-refractivity contribution in [2.45, 2.75) is 38.0 Å². The Balaban J connectivity index is 1.75. The zero-order chi connectivity index (χ0) is 17.2. The Morgan fingerprint density at radius 3 is 2.71 bits per heavy atom. The molecular weight excluding hydrogens is 324 g/mol. The molecule has 6 heteroatoms. The van der Waals surface area contributed by atoms with E-state index in [1.165, 1.54) is 23.8 Å². The minimum atomic E-state index is -0.448. The zero-order valence-electron chi connectivity index (χ0n) is 13.6. The number of rotatable bonds is 5. The number of aryl methyl sites for hydroxylation is 1. The number of carbonyl (C=O) groups excluding carboxylic acids is 1. The number of nitro groups is 1. The summed E-state index contributed by atoms with van der Waals surface area (Å²) in [6, 6.07) is 8.81. The number of thiophene rings is 1. The van der Waals surface area contributed by atoms with E-state index in [0.29, 0.717) is 17.7 Å². The van der Waals surface area contributed by atoms with Crippen LogP contribution in [0.15, 0.2) is 35.7 Å². The van der Waals surface area contributed by atoms with E-state index in [1.807, 2.05) is 6.07 Å². The fourth-order valence-corrected chi connectivity index (χ4v) is 4.43. The van der Waals surface area contributed by atoms with Gasteiger partial charge in [0.2, 0.25) is 0 Å². The molecule has 0 unspecified atom stereocenters. The second-order valence-corrected chi connectivity index (χ2v) is 7.35. The van der Waals surface area contributed by atoms with E-state index in [2.05, 4.69) is 16.8 Å². The minimum Gasteiger partial charge on any atom is -0.351 e. The third-order valence-corrected chi connectivity index (χ3v) is 5.98. The average molecular weight is 344 g/mol. The molecule has 0 aliphatic heterocycles. The predicted molar refractivity (Wildman–Crippen MR) is 94.6 cm³/mol. The second kappa shape index (κ2) is 6.73. The number of hydrogen-bond acceptors (Lipinski definition) is 4. The maximum Gasteiger partial charge on any atom is 0.273 e. The van der Waals surface area contributed by atoms with Crippen LogP contribution < -0.4 is 5.32 Å². The summed E-state index contributed by atoms with van der Waals surface area (Å²) in [5.41, 5.74) is 0.894. The molecule has 0 bridgehead atoms.